The van der Waals surface area contributed by atoms with Crippen molar-refractivity contribution in [2.24, 2.45) is 5.73 Å². The van der Waals surface area contributed by atoms with Crippen LogP contribution in [0.15, 0.2) is 60.0 Å². The number of nitrogens with two attached hydrogens (primary N) is 1. The Labute approximate surface area is 147 Å². The quantitative estimate of drug-likeness (QED) is 0.553. The molecule has 4 aromatic rings. The highest BCUT2D eigenvalue weighted by molar-refractivity contribution is 7.12. The molecule has 3 N–H and O–H groups in total. The molecule has 2 heterocycles. The van der Waals surface area contributed by atoms with E-state index in [2.05, 4.69) is 9.97 Å². The third-order valence-corrected chi connectivity index (χ3v) is 4.80. The van der Waals surface area contributed by atoms with Crippen molar-refractivity contribution in [3.8, 4) is 11.4 Å². The first-order valence-electron chi connectivity index (χ1n) is 7.60. The van der Waals surface area contributed by atoms with Crippen LogP contribution in [-0.2, 0) is 0 Å². The molecule has 0 spiro atoms. The van der Waals surface area contributed by atoms with E-state index >= 15 is 0 Å². The van der Waals surface area contributed by atoms with E-state index in [1.54, 1.807) is 30.3 Å². The lowest BCUT2D eigenvalue weighted by atomic mass is 10.1. The molecule has 1 amide bonds. The van der Waals surface area contributed by atoms with E-state index in [1.165, 1.54) is 11.3 Å². The van der Waals surface area contributed by atoms with E-state index in [-0.39, 0.29) is 5.78 Å². The van der Waals surface area contributed by atoms with Gasteiger partial charge in [-0.05, 0) is 29.6 Å². The molecule has 0 aliphatic heterocycles. The predicted molar refractivity (Wildman–Crippen MR) is 97.8 cm³/mol. The summed E-state index contributed by atoms with van der Waals surface area (Å²) < 4.78 is 0. The van der Waals surface area contributed by atoms with Crippen LogP contribution >= 0.6 is 11.3 Å². The summed E-state index contributed by atoms with van der Waals surface area (Å²) >= 11 is 1.43. The first kappa shape index (κ1) is 15.3. The summed E-state index contributed by atoms with van der Waals surface area (Å²) in [6, 6.07) is 16.1. The number of nitrogens with one attached hydrogen (secondary N) is 1. The van der Waals surface area contributed by atoms with Crippen LogP contribution in [0.25, 0.3) is 22.4 Å². The number of hydrogen-bond acceptors (Lipinski definition) is 4. The van der Waals surface area contributed by atoms with Gasteiger partial charge in [-0.15, -0.1) is 11.3 Å². The minimum atomic E-state index is -0.477. The van der Waals surface area contributed by atoms with Gasteiger partial charge in [-0.3, -0.25) is 9.59 Å². The minimum Gasteiger partial charge on any atom is -0.366 e. The van der Waals surface area contributed by atoms with E-state index in [0.717, 1.165) is 21.5 Å². The van der Waals surface area contributed by atoms with Crippen molar-refractivity contribution >= 4 is 34.1 Å². The van der Waals surface area contributed by atoms with Crippen LogP contribution in [0.1, 0.15) is 25.6 Å². The van der Waals surface area contributed by atoms with Gasteiger partial charge in [0.2, 0.25) is 11.7 Å². The van der Waals surface area contributed by atoms with Gasteiger partial charge in [-0.2, -0.15) is 0 Å². The molecule has 0 fully saturated rings. The summed E-state index contributed by atoms with van der Waals surface area (Å²) in [6.45, 7) is 0. The van der Waals surface area contributed by atoms with Gasteiger partial charge in [0, 0.05) is 16.7 Å². The molecule has 122 valence electrons. The number of carbonyl (C=O) groups excluding carboxylic acids is 2. The molecule has 6 heteroatoms. The molecule has 4 rings (SSSR count). The number of thiophene rings is 1. The van der Waals surface area contributed by atoms with Gasteiger partial charge < -0.3 is 10.7 Å². The zero-order chi connectivity index (χ0) is 17.4. The number of primary amides is 1. The van der Waals surface area contributed by atoms with Gasteiger partial charge in [-0.1, -0.05) is 30.3 Å². The van der Waals surface area contributed by atoms with Crippen molar-refractivity contribution in [1.82, 2.24) is 9.97 Å². The van der Waals surface area contributed by atoms with Crippen LogP contribution < -0.4 is 5.73 Å². The highest BCUT2D eigenvalue weighted by Gasteiger charge is 2.12. The summed E-state index contributed by atoms with van der Waals surface area (Å²) in [6.07, 6.45) is 0. The summed E-state index contributed by atoms with van der Waals surface area (Å²) in [7, 11) is 0. The van der Waals surface area contributed by atoms with Crippen molar-refractivity contribution in [2.45, 2.75) is 0 Å². The third kappa shape index (κ3) is 2.83. The molecule has 0 radical (unpaired) electrons. The van der Waals surface area contributed by atoms with Crippen LogP contribution in [0.5, 0.6) is 0 Å². The average Bonchev–Trinajstić information content (AvgIpc) is 3.30. The maximum Gasteiger partial charge on any atom is 0.248 e. The molecule has 5 nitrogen and oxygen atoms in total. The van der Waals surface area contributed by atoms with Gasteiger partial charge in [0.1, 0.15) is 5.82 Å². The Balaban J connectivity index is 1.67. The largest absolute Gasteiger partial charge is 0.366 e. The minimum absolute atomic E-state index is 0.0113. The van der Waals surface area contributed by atoms with Gasteiger partial charge in [0.05, 0.1) is 15.9 Å². The number of fused-ring (bicyclic) bond motifs is 1. The molecular weight excluding hydrogens is 334 g/mol. The van der Waals surface area contributed by atoms with E-state index in [0.29, 0.717) is 17.0 Å². The molecule has 0 unspecified atom stereocenters. The summed E-state index contributed by atoms with van der Waals surface area (Å²) in [5.74, 6) is 0.207. The summed E-state index contributed by atoms with van der Waals surface area (Å²) in [5.41, 5.74) is 8.72. The zero-order valence-electron chi connectivity index (χ0n) is 13.0. The van der Waals surface area contributed by atoms with Crippen molar-refractivity contribution in [2.75, 3.05) is 0 Å². The Morgan fingerprint density at radius 3 is 2.44 bits per heavy atom. The van der Waals surface area contributed by atoms with Crippen molar-refractivity contribution in [3.05, 3.63) is 76.0 Å². The second-order valence-electron chi connectivity index (χ2n) is 5.57. The highest BCUT2D eigenvalue weighted by Crippen LogP contribution is 2.23. The fraction of sp³-hybridized carbons (Fsp3) is 0. The first-order chi connectivity index (χ1) is 12.1. The fourth-order valence-corrected chi connectivity index (χ4v) is 3.31. The van der Waals surface area contributed by atoms with E-state index in [1.807, 2.05) is 29.6 Å². The molecule has 0 saturated carbocycles. The van der Waals surface area contributed by atoms with Gasteiger partial charge in [0.25, 0.3) is 0 Å². The highest BCUT2D eigenvalue weighted by atomic mass is 32.1. The molecule has 0 atom stereocenters. The molecule has 0 aliphatic rings. The van der Waals surface area contributed by atoms with Crippen LogP contribution in [0.4, 0.5) is 0 Å². The number of nitrogens with zero attached hydrogens (tertiary/aromatic N) is 1. The Morgan fingerprint density at radius 2 is 1.76 bits per heavy atom. The third-order valence-electron chi connectivity index (χ3n) is 3.93. The molecule has 2 aromatic carbocycles. The number of benzene rings is 2. The summed E-state index contributed by atoms with van der Waals surface area (Å²) in [5, 5.41) is 1.89. The normalized spacial score (nSPS) is 10.9. The number of carbonyl (C=O) groups is 2. The monoisotopic (exact) mass is 347 g/mol. The van der Waals surface area contributed by atoms with E-state index in [4.69, 9.17) is 5.73 Å². The number of hydrogen-bond donors (Lipinski definition) is 2. The van der Waals surface area contributed by atoms with Gasteiger partial charge in [-0.25, -0.2) is 4.98 Å². The molecule has 2 aromatic heterocycles. The number of aromatic amines is 1. The molecule has 0 bridgehead atoms. The van der Waals surface area contributed by atoms with Crippen LogP contribution in [0.2, 0.25) is 0 Å². The lowest BCUT2D eigenvalue weighted by Gasteiger charge is -2.00. The van der Waals surface area contributed by atoms with Crippen LogP contribution in [-0.4, -0.2) is 21.7 Å². The lowest BCUT2D eigenvalue weighted by molar-refractivity contribution is 0.0998. The Kier molecular flexibility index (Phi) is 3.66. The molecular formula is C19H13N3O2S. The molecule has 0 aliphatic carbocycles. The van der Waals surface area contributed by atoms with Crippen molar-refractivity contribution in [3.63, 3.8) is 0 Å². The number of ketones is 1. The second-order valence-corrected chi connectivity index (χ2v) is 6.51. The van der Waals surface area contributed by atoms with E-state index < -0.39 is 5.91 Å². The Bertz CT molecular complexity index is 1080. The predicted octanol–water partition coefficient (Wildman–Crippen LogP) is 3.62. The maximum absolute atomic E-state index is 12.3. The van der Waals surface area contributed by atoms with Crippen LogP contribution in [0.3, 0.4) is 0 Å². The first-order valence-corrected chi connectivity index (χ1v) is 8.48. The lowest BCUT2D eigenvalue weighted by Crippen LogP contribution is -2.10. The fourth-order valence-electron chi connectivity index (χ4n) is 2.63. The average molecular weight is 347 g/mol. The Morgan fingerprint density at radius 1 is 1.00 bits per heavy atom. The smallest absolute Gasteiger partial charge is 0.248 e. The summed E-state index contributed by atoms with van der Waals surface area (Å²) in [4.78, 5) is 32.0. The number of amides is 1. The maximum atomic E-state index is 12.3. The SMILES string of the molecule is NC(=O)c1ccc2nc(-c3ccc(C(=O)c4cccs4)cc3)[nH]c2c1. The van der Waals surface area contributed by atoms with Crippen LogP contribution in [0, 0.1) is 0 Å². The zero-order valence-corrected chi connectivity index (χ0v) is 13.8. The van der Waals surface area contributed by atoms with Gasteiger partial charge in [0.15, 0.2) is 0 Å². The Hall–Kier alpha value is -3.25. The number of aromatic nitrogens is 2. The number of imidazole rings is 1. The van der Waals surface area contributed by atoms with E-state index in [9.17, 15) is 9.59 Å². The topological polar surface area (TPSA) is 88.8 Å². The second kappa shape index (κ2) is 5.99. The number of rotatable bonds is 4. The molecule has 0 saturated heterocycles. The molecule has 25 heavy (non-hydrogen) atoms. The van der Waals surface area contributed by atoms with Crippen molar-refractivity contribution < 1.29 is 9.59 Å². The van der Waals surface area contributed by atoms with Gasteiger partial charge >= 0.3 is 0 Å². The number of H-pyrrole nitrogens is 1. The van der Waals surface area contributed by atoms with Crippen molar-refractivity contribution in [1.29, 1.82) is 0 Å². The standard InChI is InChI=1S/C19H13N3O2S/c20-18(24)13-7-8-14-15(10-13)22-19(21-14)12-5-3-11(4-6-12)17(23)16-2-1-9-25-16/h1-10H,(H2,20,24)(H,21,22).